The Kier molecular flexibility index (Phi) is 2.35. The highest BCUT2D eigenvalue weighted by atomic mass is 15.6. The molecule has 0 spiro atoms. The molecule has 11 heavy (non-hydrogen) atoms. The third-order valence-electron chi connectivity index (χ3n) is 2.16. The van der Waals surface area contributed by atoms with Gasteiger partial charge in [-0.05, 0) is 19.9 Å². The Labute approximate surface area is 68.8 Å². The molecule has 1 rings (SSSR count). The molecule has 1 aliphatic rings. The fourth-order valence-corrected chi connectivity index (χ4v) is 1.41. The zero-order valence-electron chi connectivity index (χ0n) is 7.54. The van der Waals surface area contributed by atoms with Gasteiger partial charge in [-0.15, -0.1) is 6.58 Å². The number of hydrogen-bond acceptors (Lipinski definition) is 2. The average Bonchev–Trinajstić information content (AvgIpc) is 2.17. The minimum Gasteiger partial charge on any atom is -0.306 e. The van der Waals surface area contributed by atoms with Crippen LogP contribution in [0.25, 0.3) is 0 Å². The molecular formula is C9H16N2. The molecule has 0 saturated carbocycles. The van der Waals surface area contributed by atoms with Crippen molar-refractivity contribution in [1.29, 1.82) is 0 Å². The molecule has 0 saturated heterocycles. The Hall–Kier alpha value is -0.760. The van der Waals surface area contributed by atoms with Crippen LogP contribution in [0.2, 0.25) is 0 Å². The van der Waals surface area contributed by atoms with E-state index >= 15 is 0 Å². The number of likely N-dealkylation sites (N-methyl/N-ethyl adjacent to an activating group) is 1. The Morgan fingerprint density at radius 3 is 2.73 bits per heavy atom. The second-order valence-corrected chi connectivity index (χ2v) is 2.99. The molecule has 0 radical (unpaired) electrons. The first-order valence-corrected chi connectivity index (χ1v) is 3.96. The highest BCUT2D eigenvalue weighted by molar-refractivity contribution is 5.08. The van der Waals surface area contributed by atoms with Crippen LogP contribution >= 0.6 is 0 Å². The van der Waals surface area contributed by atoms with E-state index in [-0.39, 0.29) is 0 Å². The van der Waals surface area contributed by atoms with Crippen LogP contribution in [-0.4, -0.2) is 29.7 Å². The van der Waals surface area contributed by atoms with Gasteiger partial charge in [-0.3, -0.25) is 0 Å². The van der Waals surface area contributed by atoms with Gasteiger partial charge in [0, 0.05) is 18.8 Å². The lowest BCUT2D eigenvalue weighted by Crippen LogP contribution is -2.37. The summed E-state index contributed by atoms with van der Waals surface area (Å²) in [4.78, 5) is 0. The van der Waals surface area contributed by atoms with Gasteiger partial charge in [0.05, 0.1) is 6.54 Å². The molecule has 1 aliphatic heterocycles. The van der Waals surface area contributed by atoms with Crippen molar-refractivity contribution in [1.82, 2.24) is 10.0 Å². The minimum atomic E-state index is 0.523. The van der Waals surface area contributed by atoms with Crippen molar-refractivity contribution in [3.8, 4) is 0 Å². The first-order valence-electron chi connectivity index (χ1n) is 3.96. The topological polar surface area (TPSA) is 6.48 Å². The zero-order valence-corrected chi connectivity index (χ0v) is 7.54. The van der Waals surface area contributed by atoms with E-state index in [9.17, 15) is 0 Å². The van der Waals surface area contributed by atoms with Crippen LogP contribution in [0.3, 0.4) is 0 Å². The molecule has 1 atom stereocenters. The summed E-state index contributed by atoms with van der Waals surface area (Å²) in [6.07, 6.45) is 4.18. The van der Waals surface area contributed by atoms with Gasteiger partial charge in [-0.2, -0.15) is 0 Å². The Bertz CT molecular complexity index is 184. The first kappa shape index (κ1) is 8.34. The Morgan fingerprint density at radius 2 is 2.36 bits per heavy atom. The summed E-state index contributed by atoms with van der Waals surface area (Å²) < 4.78 is 0. The maximum absolute atomic E-state index is 3.72. The number of hydrazine groups is 1. The highest BCUT2D eigenvalue weighted by Crippen LogP contribution is 2.18. The third kappa shape index (κ3) is 1.46. The monoisotopic (exact) mass is 152 g/mol. The Morgan fingerprint density at radius 1 is 1.73 bits per heavy atom. The van der Waals surface area contributed by atoms with E-state index in [1.54, 1.807) is 0 Å². The lowest BCUT2D eigenvalue weighted by atomic mass is 10.3. The summed E-state index contributed by atoms with van der Waals surface area (Å²) in [7, 11) is 2.10. The molecule has 1 heterocycles. The van der Waals surface area contributed by atoms with Crippen molar-refractivity contribution in [2.45, 2.75) is 19.9 Å². The van der Waals surface area contributed by atoms with Crippen molar-refractivity contribution >= 4 is 0 Å². The normalized spacial score (nSPS) is 25.5. The summed E-state index contributed by atoms with van der Waals surface area (Å²) in [6.45, 7) is 8.94. The summed E-state index contributed by atoms with van der Waals surface area (Å²) >= 11 is 0. The summed E-state index contributed by atoms with van der Waals surface area (Å²) in [5, 5.41) is 4.44. The van der Waals surface area contributed by atoms with Crippen LogP contribution in [0.4, 0.5) is 0 Å². The van der Waals surface area contributed by atoms with Crippen LogP contribution < -0.4 is 0 Å². The molecule has 0 aliphatic carbocycles. The first-order chi connectivity index (χ1) is 5.16. The molecule has 2 nitrogen and oxygen atoms in total. The van der Waals surface area contributed by atoms with Crippen molar-refractivity contribution in [2.75, 3.05) is 13.6 Å². The van der Waals surface area contributed by atoms with E-state index in [0.29, 0.717) is 6.04 Å². The SMILES string of the molecule is C=CCN1C(C)=CC(C)N1C. The standard InChI is InChI=1S/C9H16N2/c1-5-6-11-9(3)7-8(2)10(11)4/h5,7-8H,1,6H2,2-4H3. The van der Waals surface area contributed by atoms with Gasteiger partial charge in [0.2, 0.25) is 0 Å². The molecule has 62 valence electrons. The van der Waals surface area contributed by atoms with Crippen LogP contribution in [0.5, 0.6) is 0 Å². The molecule has 0 N–H and O–H groups in total. The molecule has 0 aromatic rings. The van der Waals surface area contributed by atoms with Crippen LogP contribution in [0.1, 0.15) is 13.8 Å². The molecular weight excluding hydrogens is 136 g/mol. The smallest absolute Gasteiger partial charge is 0.0521 e. The molecule has 0 fully saturated rings. The van der Waals surface area contributed by atoms with Crippen LogP contribution in [0.15, 0.2) is 24.4 Å². The van der Waals surface area contributed by atoms with Crippen molar-refractivity contribution < 1.29 is 0 Å². The maximum Gasteiger partial charge on any atom is 0.0521 e. The fourth-order valence-electron chi connectivity index (χ4n) is 1.41. The lowest BCUT2D eigenvalue weighted by Gasteiger charge is -2.29. The van der Waals surface area contributed by atoms with Crippen LogP contribution in [0, 0.1) is 0 Å². The van der Waals surface area contributed by atoms with Crippen molar-refractivity contribution in [3.63, 3.8) is 0 Å². The molecule has 0 amide bonds. The van der Waals surface area contributed by atoms with Gasteiger partial charge in [-0.1, -0.05) is 6.08 Å². The van der Waals surface area contributed by atoms with E-state index in [2.05, 4.69) is 43.6 Å². The number of allylic oxidation sites excluding steroid dienone is 1. The lowest BCUT2D eigenvalue weighted by molar-refractivity contribution is 0.0532. The average molecular weight is 152 g/mol. The van der Waals surface area contributed by atoms with Crippen molar-refractivity contribution in [3.05, 3.63) is 24.4 Å². The molecule has 0 aromatic carbocycles. The second-order valence-electron chi connectivity index (χ2n) is 2.99. The van der Waals surface area contributed by atoms with Crippen molar-refractivity contribution in [2.24, 2.45) is 0 Å². The van der Waals surface area contributed by atoms with Crippen LogP contribution in [-0.2, 0) is 0 Å². The molecule has 0 bridgehead atoms. The second kappa shape index (κ2) is 3.09. The largest absolute Gasteiger partial charge is 0.306 e. The van der Waals surface area contributed by atoms with E-state index in [1.165, 1.54) is 5.70 Å². The molecule has 1 unspecified atom stereocenters. The van der Waals surface area contributed by atoms with E-state index in [4.69, 9.17) is 0 Å². The fraction of sp³-hybridized carbons (Fsp3) is 0.556. The predicted octanol–water partition coefficient (Wildman–Crippen LogP) is 1.63. The number of hydrogen-bond donors (Lipinski definition) is 0. The number of rotatable bonds is 2. The van der Waals surface area contributed by atoms with E-state index in [0.717, 1.165) is 6.54 Å². The van der Waals surface area contributed by atoms with Gasteiger partial charge >= 0.3 is 0 Å². The van der Waals surface area contributed by atoms with Gasteiger partial charge < -0.3 is 5.01 Å². The summed E-state index contributed by atoms with van der Waals surface area (Å²) in [6, 6.07) is 0.523. The zero-order chi connectivity index (χ0) is 8.43. The summed E-state index contributed by atoms with van der Waals surface area (Å²) in [5.41, 5.74) is 1.32. The van der Waals surface area contributed by atoms with E-state index in [1.807, 2.05) is 6.08 Å². The maximum atomic E-state index is 3.72. The number of nitrogens with zero attached hydrogens (tertiary/aromatic N) is 2. The highest BCUT2D eigenvalue weighted by Gasteiger charge is 2.21. The molecule has 2 heteroatoms. The predicted molar refractivity (Wildman–Crippen MR) is 47.9 cm³/mol. The summed E-state index contributed by atoms with van der Waals surface area (Å²) in [5.74, 6) is 0. The van der Waals surface area contributed by atoms with Gasteiger partial charge in [0.15, 0.2) is 0 Å². The minimum absolute atomic E-state index is 0.523. The van der Waals surface area contributed by atoms with E-state index < -0.39 is 0 Å². The quantitative estimate of drug-likeness (QED) is 0.555. The van der Waals surface area contributed by atoms with Gasteiger partial charge in [0.25, 0.3) is 0 Å². The molecule has 0 aromatic heterocycles. The van der Waals surface area contributed by atoms with Gasteiger partial charge in [0.1, 0.15) is 0 Å². The Balaban J connectivity index is 2.66. The van der Waals surface area contributed by atoms with Gasteiger partial charge in [-0.25, -0.2) is 5.01 Å². The third-order valence-corrected chi connectivity index (χ3v) is 2.16.